The first-order valence-corrected chi connectivity index (χ1v) is 7.09. The maximum atomic E-state index is 12.0. The van der Waals surface area contributed by atoms with Gasteiger partial charge in [0, 0.05) is 38.5 Å². The number of amides is 1. The number of hydrogen-bond acceptors (Lipinski definition) is 3. The van der Waals surface area contributed by atoms with E-state index in [1.165, 1.54) is 5.56 Å². The third-order valence-electron chi connectivity index (χ3n) is 3.37. The first-order valence-electron chi connectivity index (χ1n) is 7.09. The Balaban J connectivity index is 2.43. The molecule has 1 N–H and O–H groups in total. The van der Waals surface area contributed by atoms with E-state index in [0.717, 1.165) is 13.0 Å². The van der Waals surface area contributed by atoms with Gasteiger partial charge in [-0.2, -0.15) is 0 Å². The fraction of sp³-hybridized carbons (Fsp3) is 0.500. The van der Waals surface area contributed by atoms with Crippen LogP contribution in [0.15, 0.2) is 24.3 Å². The van der Waals surface area contributed by atoms with Crippen molar-refractivity contribution in [3.63, 3.8) is 0 Å². The molecule has 0 saturated heterocycles. The topological polar surface area (TPSA) is 49.4 Å². The summed E-state index contributed by atoms with van der Waals surface area (Å²) < 4.78 is 0. The van der Waals surface area contributed by atoms with Crippen molar-refractivity contribution in [1.82, 2.24) is 10.2 Å². The van der Waals surface area contributed by atoms with E-state index in [1.54, 1.807) is 11.9 Å². The molecular weight excluding hydrogens is 252 g/mol. The lowest BCUT2D eigenvalue weighted by molar-refractivity contribution is -0.129. The SMILES string of the molecule is CCc1ccc(C(=O)CCC(=O)N(C)CCNC)cc1. The molecule has 0 aliphatic heterocycles. The Morgan fingerprint density at radius 1 is 1.15 bits per heavy atom. The van der Waals surface area contributed by atoms with Crippen molar-refractivity contribution in [3.05, 3.63) is 35.4 Å². The number of hydrogen-bond donors (Lipinski definition) is 1. The molecule has 0 heterocycles. The van der Waals surface area contributed by atoms with Crippen molar-refractivity contribution in [1.29, 1.82) is 0 Å². The molecule has 1 aromatic rings. The van der Waals surface area contributed by atoms with E-state index in [-0.39, 0.29) is 24.5 Å². The number of ketones is 1. The number of nitrogens with one attached hydrogen (secondary N) is 1. The maximum Gasteiger partial charge on any atom is 0.222 e. The quantitative estimate of drug-likeness (QED) is 0.738. The second-order valence-corrected chi connectivity index (χ2v) is 4.89. The summed E-state index contributed by atoms with van der Waals surface area (Å²) in [5.74, 6) is 0.0433. The number of carbonyl (C=O) groups is 2. The van der Waals surface area contributed by atoms with Crippen LogP contribution in [0.4, 0.5) is 0 Å². The van der Waals surface area contributed by atoms with Crippen LogP contribution in [-0.2, 0) is 11.2 Å². The van der Waals surface area contributed by atoms with Crippen LogP contribution < -0.4 is 5.32 Å². The summed E-state index contributed by atoms with van der Waals surface area (Å²) in [5.41, 5.74) is 1.90. The summed E-state index contributed by atoms with van der Waals surface area (Å²) in [6.45, 7) is 3.50. The van der Waals surface area contributed by atoms with E-state index in [1.807, 2.05) is 31.3 Å². The highest BCUT2D eigenvalue weighted by Gasteiger charge is 2.12. The zero-order chi connectivity index (χ0) is 15.0. The van der Waals surface area contributed by atoms with Gasteiger partial charge in [-0.1, -0.05) is 31.2 Å². The molecule has 0 spiro atoms. The van der Waals surface area contributed by atoms with Crippen LogP contribution >= 0.6 is 0 Å². The summed E-state index contributed by atoms with van der Waals surface area (Å²) >= 11 is 0. The standard InChI is InChI=1S/C16H24N2O2/c1-4-13-5-7-14(8-6-13)15(19)9-10-16(20)18(3)12-11-17-2/h5-8,17H,4,9-12H2,1-3H3. The van der Waals surface area contributed by atoms with Gasteiger partial charge in [0.15, 0.2) is 5.78 Å². The molecule has 0 bridgehead atoms. The molecule has 4 nitrogen and oxygen atoms in total. The maximum absolute atomic E-state index is 12.0. The van der Waals surface area contributed by atoms with Crippen LogP contribution in [0.1, 0.15) is 35.7 Å². The van der Waals surface area contributed by atoms with Gasteiger partial charge in [-0.15, -0.1) is 0 Å². The summed E-state index contributed by atoms with van der Waals surface area (Å²) in [4.78, 5) is 25.5. The Morgan fingerprint density at radius 2 is 1.80 bits per heavy atom. The summed E-state index contributed by atoms with van der Waals surface area (Å²) in [5, 5.41) is 2.99. The first kappa shape index (κ1) is 16.4. The zero-order valence-corrected chi connectivity index (χ0v) is 12.6. The van der Waals surface area contributed by atoms with E-state index < -0.39 is 0 Å². The fourth-order valence-electron chi connectivity index (χ4n) is 1.89. The number of benzene rings is 1. The minimum absolute atomic E-state index is 0.0128. The summed E-state index contributed by atoms with van der Waals surface area (Å²) in [6, 6.07) is 7.62. The highest BCUT2D eigenvalue weighted by molar-refractivity contribution is 5.97. The molecule has 0 saturated carbocycles. The number of carbonyl (C=O) groups excluding carboxylic acids is 2. The lowest BCUT2D eigenvalue weighted by atomic mass is 10.0. The van der Waals surface area contributed by atoms with Crippen LogP contribution in [0, 0.1) is 0 Å². The normalized spacial score (nSPS) is 10.3. The third-order valence-corrected chi connectivity index (χ3v) is 3.37. The molecule has 1 amide bonds. The van der Waals surface area contributed by atoms with E-state index in [9.17, 15) is 9.59 Å². The van der Waals surface area contributed by atoms with Gasteiger partial charge in [0.2, 0.25) is 5.91 Å². The fourth-order valence-corrected chi connectivity index (χ4v) is 1.89. The number of aryl methyl sites for hydroxylation is 1. The number of rotatable bonds is 8. The predicted molar refractivity (Wildman–Crippen MR) is 80.9 cm³/mol. The van der Waals surface area contributed by atoms with Crippen molar-refractivity contribution in [2.45, 2.75) is 26.2 Å². The van der Waals surface area contributed by atoms with Crippen molar-refractivity contribution in [2.75, 3.05) is 27.2 Å². The van der Waals surface area contributed by atoms with Crippen LogP contribution in [0.2, 0.25) is 0 Å². The summed E-state index contributed by atoms with van der Waals surface area (Å²) in [6.07, 6.45) is 1.51. The molecule has 110 valence electrons. The molecule has 0 fully saturated rings. The number of likely N-dealkylation sites (N-methyl/N-ethyl adjacent to an activating group) is 2. The van der Waals surface area contributed by atoms with E-state index in [0.29, 0.717) is 12.1 Å². The van der Waals surface area contributed by atoms with Crippen LogP contribution in [0.3, 0.4) is 0 Å². The zero-order valence-electron chi connectivity index (χ0n) is 12.6. The van der Waals surface area contributed by atoms with Crippen molar-refractivity contribution >= 4 is 11.7 Å². The van der Waals surface area contributed by atoms with Crippen molar-refractivity contribution in [2.24, 2.45) is 0 Å². The van der Waals surface area contributed by atoms with Gasteiger partial charge in [-0.3, -0.25) is 9.59 Å². The highest BCUT2D eigenvalue weighted by atomic mass is 16.2. The molecule has 0 unspecified atom stereocenters. The number of Topliss-reactive ketones (excluding diaryl/α,β-unsaturated/α-hetero) is 1. The molecule has 0 atom stereocenters. The molecular formula is C16H24N2O2. The average molecular weight is 276 g/mol. The minimum Gasteiger partial charge on any atom is -0.344 e. The molecule has 0 aliphatic rings. The van der Waals surface area contributed by atoms with Crippen LogP contribution in [0.5, 0.6) is 0 Å². The Hall–Kier alpha value is -1.68. The van der Waals surface area contributed by atoms with Crippen molar-refractivity contribution < 1.29 is 9.59 Å². The molecule has 0 aromatic heterocycles. The third kappa shape index (κ3) is 5.13. The van der Waals surface area contributed by atoms with Gasteiger partial charge in [0.25, 0.3) is 0 Å². The highest BCUT2D eigenvalue weighted by Crippen LogP contribution is 2.09. The lowest BCUT2D eigenvalue weighted by Gasteiger charge is -2.16. The van der Waals surface area contributed by atoms with Gasteiger partial charge in [-0.25, -0.2) is 0 Å². The van der Waals surface area contributed by atoms with Crippen LogP contribution in [0.25, 0.3) is 0 Å². The Morgan fingerprint density at radius 3 is 2.35 bits per heavy atom. The average Bonchev–Trinajstić information content (AvgIpc) is 2.49. The molecule has 0 radical (unpaired) electrons. The van der Waals surface area contributed by atoms with Gasteiger partial charge in [0.05, 0.1) is 0 Å². The van der Waals surface area contributed by atoms with E-state index in [4.69, 9.17) is 0 Å². The van der Waals surface area contributed by atoms with Crippen molar-refractivity contribution in [3.8, 4) is 0 Å². The molecule has 1 rings (SSSR count). The van der Waals surface area contributed by atoms with E-state index in [2.05, 4.69) is 12.2 Å². The second-order valence-electron chi connectivity index (χ2n) is 4.89. The van der Waals surface area contributed by atoms with Gasteiger partial charge in [-0.05, 0) is 19.0 Å². The largest absolute Gasteiger partial charge is 0.344 e. The predicted octanol–water partition coefficient (Wildman–Crippen LogP) is 1.89. The second kappa shape index (κ2) is 8.48. The first-order chi connectivity index (χ1) is 9.58. The Kier molecular flexibility index (Phi) is 6.94. The minimum atomic E-state index is 0.0128. The van der Waals surface area contributed by atoms with Gasteiger partial charge in [0.1, 0.15) is 0 Å². The molecule has 1 aromatic carbocycles. The van der Waals surface area contributed by atoms with Gasteiger partial charge < -0.3 is 10.2 Å². The Labute approximate surface area is 121 Å². The molecule has 4 heteroatoms. The smallest absolute Gasteiger partial charge is 0.222 e. The summed E-state index contributed by atoms with van der Waals surface area (Å²) in [7, 11) is 3.61. The van der Waals surface area contributed by atoms with Gasteiger partial charge >= 0.3 is 0 Å². The van der Waals surface area contributed by atoms with Crippen LogP contribution in [-0.4, -0.2) is 43.8 Å². The lowest BCUT2D eigenvalue weighted by Crippen LogP contribution is -2.32. The number of nitrogens with zero attached hydrogens (tertiary/aromatic N) is 1. The monoisotopic (exact) mass is 276 g/mol. The molecule has 0 aliphatic carbocycles. The molecule has 20 heavy (non-hydrogen) atoms. The Bertz CT molecular complexity index is 440. The van der Waals surface area contributed by atoms with E-state index >= 15 is 0 Å².